The van der Waals surface area contributed by atoms with Gasteiger partial charge in [0.2, 0.25) is 0 Å². The summed E-state index contributed by atoms with van der Waals surface area (Å²) in [7, 11) is 0. The second-order valence-corrected chi connectivity index (χ2v) is 10.4. The van der Waals surface area contributed by atoms with Crippen LogP contribution in [0.1, 0.15) is 81.6 Å². The smallest absolute Gasteiger partial charge is 0.326 e. The van der Waals surface area contributed by atoms with Gasteiger partial charge in [-0.15, -0.1) is 0 Å². The van der Waals surface area contributed by atoms with E-state index in [-0.39, 0.29) is 12.4 Å². The molecule has 8 N–H and O–H groups in total. The summed E-state index contributed by atoms with van der Waals surface area (Å²) in [4.78, 5) is 32.1. The number of urea groups is 1. The van der Waals surface area contributed by atoms with Crippen molar-refractivity contribution in [2.24, 2.45) is 0 Å². The fraction of sp³-hybridized carbons (Fsp3) is 0.531. The Morgan fingerprint density at radius 2 is 1.61 bits per heavy atom. The number of phenols is 1. The average Bonchev–Trinajstić information content (AvgIpc) is 2.98. The first-order chi connectivity index (χ1) is 21.1. The summed E-state index contributed by atoms with van der Waals surface area (Å²) in [6.07, 6.45) is 6.59. The predicted molar refractivity (Wildman–Crippen MR) is 168 cm³/mol. The second-order valence-electron chi connectivity index (χ2n) is 10.4. The van der Waals surface area contributed by atoms with E-state index in [0.29, 0.717) is 36.4 Å². The van der Waals surface area contributed by atoms with Crippen LogP contribution in [-0.2, 0) is 27.4 Å². The minimum absolute atomic E-state index is 0.0287. The van der Waals surface area contributed by atoms with Gasteiger partial charge < -0.3 is 46.2 Å². The van der Waals surface area contributed by atoms with Crippen molar-refractivity contribution in [1.82, 2.24) is 10.6 Å². The van der Waals surface area contributed by atoms with Gasteiger partial charge in [0.1, 0.15) is 11.8 Å². The van der Waals surface area contributed by atoms with Crippen LogP contribution in [-0.4, -0.2) is 75.8 Å². The van der Waals surface area contributed by atoms with Crippen LogP contribution in [0.3, 0.4) is 0 Å². The summed E-state index contributed by atoms with van der Waals surface area (Å²) in [6.45, 7) is 5.20. The van der Waals surface area contributed by atoms with Crippen molar-refractivity contribution < 1.29 is 44.7 Å². The normalized spacial score (nSPS) is 12.0. The van der Waals surface area contributed by atoms with Gasteiger partial charge in [-0.3, -0.25) is 4.79 Å². The number of carboxylic acid groups (broad SMARTS) is 2. The Kier molecular flexibility index (Phi) is 19.8. The number of rotatable bonds is 20. The van der Waals surface area contributed by atoms with E-state index >= 15 is 0 Å². The minimum Gasteiger partial charge on any atom is -0.508 e. The van der Waals surface area contributed by atoms with E-state index in [2.05, 4.69) is 16.0 Å². The molecule has 2 aromatic rings. The number of anilines is 1. The molecule has 2 rings (SSSR count). The number of hydrogen-bond acceptors (Lipinski definition) is 8. The highest BCUT2D eigenvalue weighted by molar-refractivity contribution is 5.92. The topological polar surface area (TPSA) is 198 Å². The van der Waals surface area contributed by atoms with Crippen LogP contribution in [0.4, 0.5) is 10.5 Å². The zero-order valence-electron chi connectivity index (χ0n) is 25.8. The van der Waals surface area contributed by atoms with E-state index in [0.717, 1.165) is 70.6 Å². The first-order valence-corrected chi connectivity index (χ1v) is 15.0. The number of aliphatic hydroxyl groups is 2. The van der Waals surface area contributed by atoms with Gasteiger partial charge in [-0.2, -0.15) is 0 Å². The number of unbranched alkanes of at least 4 members (excludes halogenated alkanes) is 4. The van der Waals surface area contributed by atoms with Crippen molar-refractivity contribution in [2.45, 2.75) is 84.0 Å². The van der Waals surface area contributed by atoms with Crippen molar-refractivity contribution >= 4 is 23.7 Å². The molecule has 1 unspecified atom stereocenters. The highest BCUT2D eigenvalue weighted by Gasteiger charge is 2.17. The number of aryl methyl sites for hydroxylation is 1. The van der Waals surface area contributed by atoms with Gasteiger partial charge in [-0.1, -0.05) is 38.0 Å². The monoisotopic (exact) mass is 619 g/mol. The third kappa shape index (κ3) is 17.4. The number of carbonyl (C=O) groups is 3. The number of hydrogen-bond donors (Lipinski definition) is 8. The number of benzene rings is 2. The zero-order chi connectivity index (χ0) is 32.7. The largest absolute Gasteiger partial charge is 0.508 e. The lowest BCUT2D eigenvalue weighted by molar-refractivity contribution is -0.139. The first-order valence-electron chi connectivity index (χ1n) is 15.0. The van der Waals surface area contributed by atoms with E-state index < -0.39 is 30.1 Å². The molecule has 2 amide bonds. The minimum atomic E-state index is -1.05. The predicted octanol–water partition coefficient (Wildman–Crippen LogP) is 4.18. The van der Waals surface area contributed by atoms with Gasteiger partial charge in [-0.25, -0.2) is 9.59 Å². The van der Waals surface area contributed by atoms with Gasteiger partial charge in [0.15, 0.2) is 0 Å². The van der Waals surface area contributed by atoms with E-state index in [4.69, 9.17) is 19.7 Å². The molecule has 0 aliphatic carbocycles. The number of aliphatic hydroxyl groups excluding tert-OH is 2. The van der Waals surface area contributed by atoms with Crippen molar-refractivity contribution in [3.63, 3.8) is 0 Å². The molecule has 0 spiro atoms. The number of nitrogens with one attached hydrogen (secondary N) is 3. The van der Waals surface area contributed by atoms with Gasteiger partial charge in [-0.05, 0) is 80.5 Å². The highest BCUT2D eigenvalue weighted by Crippen LogP contribution is 2.22. The van der Waals surface area contributed by atoms with E-state index in [1.54, 1.807) is 25.1 Å². The molecule has 0 saturated heterocycles. The number of amides is 2. The van der Waals surface area contributed by atoms with Crippen LogP contribution >= 0.6 is 0 Å². The van der Waals surface area contributed by atoms with Crippen molar-refractivity contribution in [3.05, 3.63) is 59.2 Å². The third-order valence-electron chi connectivity index (χ3n) is 6.59. The summed E-state index contributed by atoms with van der Waals surface area (Å²) in [6, 6.07) is 10.9. The number of carbonyl (C=O) groups excluding carboxylic acids is 1. The summed E-state index contributed by atoms with van der Waals surface area (Å²) in [5.41, 5.74) is 2.81. The van der Waals surface area contributed by atoms with Crippen molar-refractivity contribution in [3.8, 4) is 5.75 Å². The Balaban J connectivity index is 0.00000227. The van der Waals surface area contributed by atoms with Crippen LogP contribution in [0, 0.1) is 0 Å². The Morgan fingerprint density at radius 1 is 0.932 bits per heavy atom. The maximum atomic E-state index is 12.0. The molecule has 0 aliphatic rings. The molecule has 2 aromatic carbocycles. The summed E-state index contributed by atoms with van der Waals surface area (Å²) in [5.74, 6) is -1.86. The molecule has 0 saturated carbocycles. The molecule has 246 valence electrons. The number of ether oxygens (including phenoxy) is 1. The Morgan fingerprint density at radius 3 is 2.27 bits per heavy atom. The van der Waals surface area contributed by atoms with Gasteiger partial charge in [0.25, 0.3) is 5.97 Å². The Bertz CT molecular complexity index is 1130. The highest BCUT2D eigenvalue weighted by atomic mass is 16.5. The molecule has 0 aliphatic heterocycles. The molecule has 12 nitrogen and oxygen atoms in total. The fourth-order valence-electron chi connectivity index (χ4n) is 4.21. The molecule has 0 bridgehead atoms. The van der Waals surface area contributed by atoms with Crippen molar-refractivity contribution in [2.75, 3.05) is 31.6 Å². The van der Waals surface area contributed by atoms with E-state index in [1.165, 1.54) is 6.07 Å². The number of aliphatic carboxylic acids is 2. The van der Waals surface area contributed by atoms with Crippen LogP contribution in [0.25, 0.3) is 0 Å². The molecule has 2 atom stereocenters. The lowest BCUT2D eigenvalue weighted by Crippen LogP contribution is -2.42. The second kappa shape index (κ2) is 22.8. The summed E-state index contributed by atoms with van der Waals surface area (Å²) < 4.78 is 5.75. The molecule has 0 aromatic heterocycles. The SMILES string of the molecule is CC(=O)O.CCC(NC(=O)Nc1cccc(CCCCOCCCCCCNC[C@H](O)c2ccc(O)c(CO)c2)c1)C(=O)O. The molecular formula is C32H49N3O9. The molecule has 44 heavy (non-hydrogen) atoms. The zero-order valence-corrected chi connectivity index (χ0v) is 25.8. The maximum Gasteiger partial charge on any atom is 0.326 e. The molecule has 12 heteroatoms. The molecule has 0 radical (unpaired) electrons. The van der Waals surface area contributed by atoms with E-state index in [1.807, 2.05) is 18.2 Å². The summed E-state index contributed by atoms with van der Waals surface area (Å²) in [5, 5.41) is 54.0. The molecule has 0 fully saturated rings. The third-order valence-corrected chi connectivity index (χ3v) is 6.59. The van der Waals surface area contributed by atoms with Crippen LogP contribution in [0.15, 0.2) is 42.5 Å². The molecular weight excluding hydrogens is 570 g/mol. The van der Waals surface area contributed by atoms with Gasteiger partial charge in [0, 0.05) is 37.9 Å². The lowest BCUT2D eigenvalue weighted by atomic mass is 10.1. The summed E-state index contributed by atoms with van der Waals surface area (Å²) >= 11 is 0. The lowest BCUT2D eigenvalue weighted by Gasteiger charge is -2.14. The van der Waals surface area contributed by atoms with Crippen LogP contribution in [0.5, 0.6) is 5.75 Å². The number of aromatic hydroxyl groups is 1. The maximum absolute atomic E-state index is 12.0. The Hall–Kier alpha value is -3.71. The van der Waals surface area contributed by atoms with E-state index in [9.17, 15) is 24.9 Å². The first kappa shape index (κ1) is 38.3. The van der Waals surface area contributed by atoms with Crippen molar-refractivity contribution in [1.29, 1.82) is 0 Å². The Labute approximate surface area is 259 Å². The average molecular weight is 620 g/mol. The standard InChI is InChI=1S/C30H45N3O7.C2H4O2/c1-2-26(29(37)38)33-30(39)32-25-12-9-11-22(18-25)10-5-8-17-40-16-7-4-3-6-15-31-20-28(36)23-13-14-27(35)24(19-23)21-34;1-2(3)4/h9,11-14,18-19,26,28,31,34-36H,2-8,10,15-17,20-21H2,1H3,(H,37,38)(H2,32,33,39);1H3,(H,3,4)/t26?,28-;/m0./s1. The quantitative estimate of drug-likeness (QED) is 0.0995. The molecule has 0 heterocycles. The number of carboxylic acids is 2. The van der Waals surface area contributed by atoms with Gasteiger partial charge in [0.05, 0.1) is 12.7 Å². The van der Waals surface area contributed by atoms with Gasteiger partial charge >= 0.3 is 12.0 Å². The van der Waals surface area contributed by atoms with Crippen LogP contribution in [0.2, 0.25) is 0 Å². The van der Waals surface area contributed by atoms with Crippen LogP contribution < -0.4 is 16.0 Å². The fourth-order valence-corrected chi connectivity index (χ4v) is 4.21.